The average molecular weight is 219 g/mol. The number of aromatic amines is 1. The summed E-state index contributed by atoms with van der Waals surface area (Å²) in [5.74, 6) is 2.00. The van der Waals surface area contributed by atoms with E-state index in [0.29, 0.717) is 0 Å². The molecule has 2 aliphatic rings. The molecule has 1 heterocycles. The molecule has 2 unspecified atom stereocenters. The summed E-state index contributed by atoms with van der Waals surface area (Å²) >= 11 is 0. The Hall–Kier alpha value is -0.830. The lowest BCUT2D eigenvalue weighted by Crippen LogP contribution is -2.21. The summed E-state index contributed by atoms with van der Waals surface area (Å²) in [5.41, 5.74) is 1.20. The van der Waals surface area contributed by atoms with E-state index >= 15 is 0 Å². The van der Waals surface area contributed by atoms with Gasteiger partial charge in [0.15, 0.2) is 0 Å². The van der Waals surface area contributed by atoms with E-state index in [2.05, 4.69) is 15.5 Å². The molecular weight excluding hydrogens is 198 g/mol. The summed E-state index contributed by atoms with van der Waals surface area (Å²) in [4.78, 5) is 0. The minimum atomic E-state index is 0.784. The second-order valence-corrected chi connectivity index (χ2v) is 5.37. The summed E-state index contributed by atoms with van der Waals surface area (Å²) in [6.45, 7) is 0.952. The number of nitrogens with zero attached hydrogens (tertiary/aromatic N) is 1. The van der Waals surface area contributed by atoms with Crippen molar-refractivity contribution >= 4 is 0 Å². The van der Waals surface area contributed by atoms with Gasteiger partial charge in [0.2, 0.25) is 0 Å². The minimum absolute atomic E-state index is 0.784. The highest BCUT2D eigenvalue weighted by Crippen LogP contribution is 2.44. The van der Waals surface area contributed by atoms with Gasteiger partial charge in [0, 0.05) is 24.5 Å². The van der Waals surface area contributed by atoms with Gasteiger partial charge in [-0.1, -0.05) is 32.1 Å². The van der Waals surface area contributed by atoms with Crippen molar-refractivity contribution < 1.29 is 0 Å². The molecule has 3 heteroatoms. The van der Waals surface area contributed by atoms with Crippen LogP contribution in [0, 0.1) is 11.8 Å². The zero-order valence-corrected chi connectivity index (χ0v) is 9.78. The lowest BCUT2D eigenvalue weighted by Gasteiger charge is -2.21. The lowest BCUT2D eigenvalue weighted by atomic mass is 9.85. The lowest BCUT2D eigenvalue weighted by molar-refractivity contribution is 0.312. The van der Waals surface area contributed by atoms with Crippen LogP contribution in [-0.2, 0) is 6.54 Å². The fourth-order valence-electron chi connectivity index (χ4n) is 3.16. The van der Waals surface area contributed by atoms with Crippen molar-refractivity contribution in [3.63, 3.8) is 0 Å². The van der Waals surface area contributed by atoms with Crippen molar-refractivity contribution in [3.05, 3.63) is 18.0 Å². The van der Waals surface area contributed by atoms with Crippen LogP contribution in [0.1, 0.15) is 44.2 Å². The standard InChI is InChI=1S/C13H21N3/c1-2-4-10(5-3-1)12-8-13(12)14-9-11-6-7-15-16-11/h6-7,10,12-14H,1-5,8-9H2,(H,15,16). The predicted octanol–water partition coefficient (Wildman–Crippen LogP) is 2.47. The molecule has 2 saturated carbocycles. The van der Waals surface area contributed by atoms with Crippen LogP contribution >= 0.6 is 0 Å². The summed E-state index contributed by atoms with van der Waals surface area (Å²) in [6.07, 6.45) is 10.6. The second-order valence-electron chi connectivity index (χ2n) is 5.37. The maximum atomic E-state index is 3.96. The first kappa shape index (κ1) is 10.3. The number of nitrogens with one attached hydrogen (secondary N) is 2. The van der Waals surface area contributed by atoms with Crippen molar-refractivity contribution in [1.82, 2.24) is 15.5 Å². The highest BCUT2D eigenvalue weighted by molar-refractivity contribution is 5.02. The first-order valence-electron chi connectivity index (χ1n) is 6.65. The molecule has 2 aliphatic carbocycles. The molecule has 1 aromatic heterocycles. The van der Waals surface area contributed by atoms with E-state index in [-0.39, 0.29) is 0 Å². The van der Waals surface area contributed by atoms with Crippen molar-refractivity contribution in [3.8, 4) is 0 Å². The summed E-state index contributed by atoms with van der Waals surface area (Å²) < 4.78 is 0. The van der Waals surface area contributed by atoms with Crippen molar-refractivity contribution in [2.24, 2.45) is 11.8 Å². The van der Waals surface area contributed by atoms with Crippen LogP contribution in [0.3, 0.4) is 0 Å². The second kappa shape index (κ2) is 4.58. The van der Waals surface area contributed by atoms with Gasteiger partial charge in [-0.05, 0) is 24.3 Å². The van der Waals surface area contributed by atoms with E-state index in [1.807, 2.05) is 12.3 Å². The summed E-state index contributed by atoms with van der Waals surface area (Å²) in [7, 11) is 0. The fraction of sp³-hybridized carbons (Fsp3) is 0.769. The Labute approximate surface area is 97.0 Å². The third-order valence-electron chi connectivity index (χ3n) is 4.21. The number of hydrogen-bond donors (Lipinski definition) is 2. The zero-order valence-electron chi connectivity index (χ0n) is 9.78. The molecule has 0 radical (unpaired) electrons. The molecule has 2 fully saturated rings. The Kier molecular flexibility index (Phi) is 2.96. The predicted molar refractivity (Wildman–Crippen MR) is 63.9 cm³/mol. The number of H-pyrrole nitrogens is 1. The van der Waals surface area contributed by atoms with Gasteiger partial charge in [-0.25, -0.2) is 0 Å². The van der Waals surface area contributed by atoms with Crippen LogP contribution in [0.4, 0.5) is 0 Å². The van der Waals surface area contributed by atoms with Crippen LogP contribution in [-0.4, -0.2) is 16.2 Å². The van der Waals surface area contributed by atoms with Crippen LogP contribution < -0.4 is 5.32 Å². The van der Waals surface area contributed by atoms with Crippen LogP contribution in [0.25, 0.3) is 0 Å². The number of rotatable bonds is 4. The first-order chi connectivity index (χ1) is 7.93. The molecule has 0 spiro atoms. The maximum Gasteiger partial charge on any atom is 0.0490 e. The quantitative estimate of drug-likeness (QED) is 0.816. The molecule has 0 bridgehead atoms. The largest absolute Gasteiger partial charge is 0.308 e. The van der Waals surface area contributed by atoms with Gasteiger partial charge in [0.05, 0.1) is 0 Å². The number of aromatic nitrogens is 2. The van der Waals surface area contributed by atoms with E-state index < -0.39 is 0 Å². The summed E-state index contributed by atoms with van der Waals surface area (Å²) in [5, 5.41) is 10.6. The zero-order chi connectivity index (χ0) is 10.8. The smallest absolute Gasteiger partial charge is 0.0490 e. The van der Waals surface area contributed by atoms with E-state index in [1.54, 1.807) is 0 Å². The molecular formula is C13H21N3. The average Bonchev–Trinajstić information content (AvgIpc) is 2.93. The van der Waals surface area contributed by atoms with Crippen molar-refractivity contribution in [1.29, 1.82) is 0 Å². The Balaban J connectivity index is 1.42. The van der Waals surface area contributed by atoms with Crippen LogP contribution in [0.2, 0.25) is 0 Å². The Morgan fingerprint density at radius 3 is 2.94 bits per heavy atom. The Morgan fingerprint density at radius 2 is 2.19 bits per heavy atom. The van der Waals surface area contributed by atoms with E-state index in [1.165, 1.54) is 44.2 Å². The number of hydrogen-bond acceptors (Lipinski definition) is 2. The Bertz CT molecular complexity index is 314. The minimum Gasteiger partial charge on any atom is -0.308 e. The molecule has 3 nitrogen and oxygen atoms in total. The van der Waals surface area contributed by atoms with Gasteiger partial charge < -0.3 is 5.32 Å². The Morgan fingerprint density at radius 1 is 1.31 bits per heavy atom. The molecule has 2 N–H and O–H groups in total. The summed E-state index contributed by atoms with van der Waals surface area (Å²) in [6, 6.07) is 2.83. The molecule has 2 atom stereocenters. The van der Waals surface area contributed by atoms with Gasteiger partial charge in [-0.2, -0.15) is 5.10 Å². The normalized spacial score (nSPS) is 30.5. The highest BCUT2D eigenvalue weighted by Gasteiger charge is 2.42. The third kappa shape index (κ3) is 2.29. The third-order valence-corrected chi connectivity index (χ3v) is 4.21. The maximum absolute atomic E-state index is 3.96. The molecule has 0 saturated heterocycles. The first-order valence-corrected chi connectivity index (χ1v) is 6.65. The van der Waals surface area contributed by atoms with E-state index in [9.17, 15) is 0 Å². The SMILES string of the molecule is c1cc(CNC2CC2C2CCCCC2)[nH]n1. The van der Waals surface area contributed by atoms with Gasteiger partial charge >= 0.3 is 0 Å². The van der Waals surface area contributed by atoms with Gasteiger partial charge in [0.25, 0.3) is 0 Å². The molecule has 16 heavy (non-hydrogen) atoms. The van der Waals surface area contributed by atoms with Crippen LogP contribution in [0.15, 0.2) is 12.3 Å². The van der Waals surface area contributed by atoms with Gasteiger partial charge in [-0.15, -0.1) is 0 Å². The van der Waals surface area contributed by atoms with E-state index in [4.69, 9.17) is 0 Å². The molecule has 3 rings (SSSR count). The van der Waals surface area contributed by atoms with Gasteiger partial charge in [0.1, 0.15) is 0 Å². The molecule has 0 amide bonds. The highest BCUT2D eigenvalue weighted by atomic mass is 15.1. The molecule has 1 aromatic rings. The van der Waals surface area contributed by atoms with E-state index in [0.717, 1.165) is 24.4 Å². The molecule has 88 valence electrons. The van der Waals surface area contributed by atoms with Gasteiger partial charge in [-0.3, -0.25) is 5.10 Å². The fourth-order valence-corrected chi connectivity index (χ4v) is 3.16. The monoisotopic (exact) mass is 219 g/mol. The molecule has 0 aliphatic heterocycles. The van der Waals surface area contributed by atoms with Crippen LogP contribution in [0.5, 0.6) is 0 Å². The van der Waals surface area contributed by atoms with Crippen molar-refractivity contribution in [2.45, 2.75) is 51.1 Å². The molecule has 0 aromatic carbocycles. The topological polar surface area (TPSA) is 40.7 Å². The van der Waals surface area contributed by atoms with Crippen molar-refractivity contribution in [2.75, 3.05) is 0 Å².